The molecule has 4 heteroatoms. The van der Waals surface area contributed by atoms with Crippen LogP contribution < -0.4 is 11.1 Å². The number of anilines is 1. The normalized spacial score (nSPS) is 18.0. The first-order valence-corrected chi connectivity index (χ1v) is 6.25. The molecule has 92 valence electrons. The lowest BCUT2D eigenvalue weighted by Crippen LogP contribution is -2.43. The Kier molecular flexibility index (Phi) is 3.29. The lowest BCUT2D eigenvalue weighted by Gasteiger charge is -2.25. The number of amides is 1. The molecule has 1 aliphatic rings. The van der Waals surface area contributed by atoms with E-state index < -0.39 is 0 Å². The van der Waals surface area contributed by atoms with Crippen molar-refractivity contribution in [3.05, 3.63) is 28.8 Å². The quantitative estimate of drug-likeness (QED) is 0.795. The Morgan fingerprint density at radius 1 is 1.35 bits per heavy atom. The van der Waals surface area contributed by atoms with Crippen LogP contribution in [-0.4, -0.2) is 11.4 Å². The topological polar surface area (TPSA) is 55.1 Å². The van der Waals surface area contributed by atoms with Gasteiger partial charge < -0.3 is 11.1 Å². The van der Waals surface area contributed by atoms with Gasteiger partial charge in [-0.1, -0.05) is 24.4 Å². The van der Waals surface area contributed by atoms with E-state index in [1.54, 1.807) is 18.2 Å². The Balaban J connectivity index is 2.14. The molecular formula is C13H17ClN2O. The Bertz CT molecular complexity index is 419. The molecule has 0 atom stereocenters. The monoisotopic (exact) mass is 252 g/mol. The van der Waals surface area contributed by atoms with E-state index in [4.69, 9.17) is 17.3 Å². The van der Waals surface area contributed by atoms with Gasteiger partial charge in [0.25, 0.3) is 5.91 Å². The molecule has 1 aliphatic carbocycles. The van der Waals surface area contributed by atoms with Gasteiger partial charge in [0.15, 0.2) is 0 Å². The molecule has 3 N–H and O–H groups in total. The molecular weight excluding hydrogens is 236 g/mol. The highest BCUT2D eigenvalue weighted by molar-refractivity contribution is 6.31. The minimum Gasteiger partial charge on any atom is -0.399 e. The van der Waals surface area contributed by atoms with Gasteiger partial charge in [-0.15, -0.1) is 0 Å². The minimum absolute atomic E-state index is 0.0752. The summed E-state index contributed by atoms with van der Waals surface area (Å²) < 4.78 is 0. The number of benzene rings is 1. The Hall–Kier alpha value is -1.22. The van der Waals surface area contributed by atoms with Crippen molar-refractivity contribution >= 4 is 23.2 Å². The zero-order valence-electron chi connectivity index (χ0n) is 9.92. The smallest absolute Gasteiger partial charge is 0.251 e. The van der Waals surface area contributed by atoms with Crippen molar-refractivity contribution in [1.82, 2.24) is 5.32 Å². The van der Waals surface area contributed by atoms with Gasteiger partial charge in [0.2, 0.25) is 0 Å². The van der Waals surface area contributed by atoms with Crippen LogP contribution >= 0.6 is 11.6 Å². The fourth-order valence-corrected chi connectivity index (χ4v) is 2.61. The summed E-state index contributed by atoms with van der Waals surface area (Å²) in [4.78, 5) is 12.1. The number of carbonyl (C=O) groups excluding carboxylic acids is 1. The average molecular weight is 253 g/mol. The van der Waals surface area contributed by atoms with Crippen LogP contribution in [0.1, 0.15) is 43.0 Å². The second kappa shape index (κ2) is 4.57. The zero-order valence-corrected chi connectivity index (χ0v) is 10.7. The molecule has 0 aliphatic heterocycles. The summed E-state index contributed by atoms with van der Waals surface area (Å²) in [5.41, 5.74) is 6.64. The number of rotatable bonds is 2. The predicted octanol–water partition coefficient (Wildman–Crippen LogP) is 2.98. The summed E-state index contributed by atoms with van der Waals surface area (Å²) in [6.07, 6.45) is 4.42. The van der Waals surface area contributed by atoms with Gasteiger partial charge in [-0.25, -0.2) is 0 Å². The van der Waals surface area contributed by atoms with Crippen molar-refractivity contribution in [1.29, 1.82) is 0 Å². The lowest BCUT2D eigenvalue weighted by molar-refractivity contribution is 0.0908. The summed E-state index contributed by atoms with van der Waals surface area (Å²) in [7, 11) is 0. The number of hydrogen-bond acceptors (Lipinski definition) is 2. The fraction of sp³-hybridized carbons (Fsp3) is 0.462. The molecule has 1 aromatic carbocycles. The maximum atomic E-state index is 12.1. The fourth-order valence-electron chi connectivity index (χ4n) is 2.37. The molecule has 0 bridgehead atoms. The number of hydrogen-bond donors (Lipinski definition) is 2. The standard InChI is InChI=1S/C13H17ClN2O/c1-13(4-2-3-5-13)16-12(17)9-6-10(14)8-11(15)7-9/h6-8H,2-5,15H2,1H3,(H,16,17). The predicted molar refractivity (Wildman–Crippen MR) is 70.2 cm³/mol. The van der Waals surface area contributed by atoms with Gasteiger partial charge in [-0.3, -0.25) is 4.79 Å². The Morgan fingerprint density at radius 3 is 2.59 bits per heavy atom. The Labute approximate surface area is 106 Å². The number of halogens is 1. The first kappa shape index (κ1) is 12.2. The van der Waals surface area contributed by atoms with Crippen molar-refractivity contribution in [2.45, 2.75) is 38.1 Å². The molecule has 17 heavy (non-hydrogen) atoms. The summed E-state index contributed by atoms with van der Waals surface area (Å²) in [5.74, 6) is -0.0939. The van der Waals surface area contributed by atoms with Crippen LogP contribution in [0.15, 0.2) is 18.2 Å². The van der Waals surface area contributed by atoms with E-state index in [9.17, 15) is 4.79 Å². The van der Waals surface area contributed by atoms with Crippen molar-refractivity contribution in [2.75, 3.05) is 5.73 Å². The summed E-state index contributed by atoms with van der Waals surface area (Å²) >= 11 is 5.89. The van der Waals surface area contributed by atoms with Crippen molar-refractivity contribution in [3.8, 4) is 0 Å². The van der Waals surface area contributed by atoms with Gasteiger partial charge >= 0.3 is 0 Å². The third-order valence-corrected chi connectivity index (χ3v) is 3.52. The zero-order chi connectivity index (χ0) is 12.5. The van der Waals surface area contributed by atoms with Crippen LogP contribution in [0.4, 0.5) is 5.69 Å². The van der Waals surface area contributed by atoms with Gasteiger partial charge in [0.1, 0.15) is 0 Å². The molecule has 1 amide bonds. The van der Waals surface area contributed by atoms with E-state index >= 15 is 0 Å². The van der Waals surface area contributed by atoms with Crippen molar-refractivity contribution in [2.24, 2.45) is 0 Å². The number of nitrogens with two attached hydrogens (primary N) is 1. The summed E-state index contributed by atoms with van der Waals surface area (Å²) in [5, 5.41) is 3.57. The van der Waals surface area contributed by atoms with Crippen LogP contribution in [0.5, 0.6) is 0 Å². The molecule has 0 saturated heterocycles. The highest BCUT2D eigenvalue weighted by Crippen LogP contribution is 2.29. The second-order valence-electron chi connectivity index (χ2n) is 5.00. The molecule has 0 spiro atoms. The third kappa shape index (κ3) is 2.91. The number of nitrogen functional groups attached to an aromatic ring is 1. The van der Waals surface area contributed by atoms with Crippen LogP contribution in [0.25, 0.3) is 0 Å². The molecule has 0 heterocycles. The number of carbonyl (C=O) groups is 1. The second-order valence-corrected chi connectivity index (χ2v) is 5.43. The molecule has 0 radical (unpaired) electrons. The first-order valence-electron chi connectivity index (χ1n) is 5.87. The molecule has 0 aromatic heterocycles. The van der Waals surface area contributed by atoms with Crippen LogP contribution in [0, 0.1) is 0 Å². The van der Waals surface area contributed by atoms with Gasteiger partial charge in [-0.2, -0.15) is 0 Å². The lowest BCUT2D eigenvalue weighted by atomic mass is 10.00. The molecule has 1 saturated carbocycles. The van der Waals surface area contributed by atoms with Gasteiger partial charge in [0.05, 0.1) is 0 Å². The van der Waals surface area contributed by atoms with Crippen LogP contribution in [-0.2, 0) is 0 Å². The van der Waals surface area contributed by atoms with Crippen LogP contribution in [0.3, 0.4) is 0 Å². The largest absolute Gasteiger partial charge is 0.399 e. The molecule has 3 nitrogen and oxygen atoms in total. The van der Waals surface area contributed by atoms with Gasteiger partial charge in [0, 0.05) is 21.8 Å². The third-order valence-electron chi connectivity index (χ3n) is 3.30. The van der Waals surface area contributed by atoms with E-state index in [-0.39, 0.29) is 11.4 Å². The van der Waals surface area contributed by atoms with Crippen molar-refractivity contribution < 1.29 is 4.79 Å². The minimum atomic E-state index is -0.0939. The molecule has 1 aromatic rings. The van der Waals surface area contributed by atoms with Crippen LogP contribution in [0.2, 0.25) is 5.02 Å². The highest BCUT2D eigenvalue weighted by atomic mass is 35.5. The molecule has 2 rings (SSSR count). The SMILES string of the molecule is CC1(NC(=O)c2cc(N)cc(Cl)c2)CCCC1. The molecule has 0 unspecified atom stereocenters. The van der Waals surface area contributed by atoms with Crippen molar-refractivity contribution in [3.63, 3.8) is 0 Å². The average Bonchev–Trinajstić information content (AvgIpc) is 2.63. The van der Waals surface area contributed by atoms with Gasteiger partial charge in [-0.05, 0) is 38.0 Å². The highest BCUT2D eigenvalue weighted by Gasteiger charge is 2.30. The van der Waals surface area contributed by atoms with E-state index in [1.165, 1.54) is 12.8 Å². The summed E-state index contributed by atoms with van der Waals surface area (Å²) in [6, 6.07) is 4.93. The Morgan fingerprint density at radius 2 is 2.00 bits per heavy atom. The summed E-state index contributed by atoms with van der Waals surface area (Å²) in [6.45, 7) is 2.09. The molecule has 1 fully saturated rings. The first-order chi connectivity index (χ1) is 7.98. The maximum absolute atomic E-state index is 12.1. The van der Waals surface area contributed by atoms with E-state index in [0.717, 1.165) is 12.8 Å². The maximum Gasteiger partial charge on any atom is 0.251 e. The van der Waals surface area contributed by atoms with E-state index in [1.807, 2.05) is 0 Å². The number of nitrogens with one attached hydrogen (secondary N) is 1. The van der Waals surface area contributed by atoms with E-state index in [0.29, 0.717) is 16.3 Å². The van der Waals surface area contributed by atoms with E-state index in [2.05, 4.69) is 12.2 Å².